The summed E-state index contributed by atoms with van der Waals surface area (Å²) in [7, 11) is 0. The van der Waals surface area contributed by atoms with Crippen molar-refractivity contribution in [3.8, 4) is 0 Å². The average molecular weight is 310 g/mol. The zero-order valence-electron chi connectivity index (χ0n) is 10.4. The van der Waals surface area contributed by atoms with Crippen molar-refractivity contribution in [2.24, 2.45) is 0 Å². The summed E-state index contributed by atoms with van der Waals surface area (Å²) in [6.45, 7) is 0.734. The van der Waals surface area contributed by atoms with Gasteiger partial charge in [-0.15, -0.1) is 0 Å². The monoisotopic (exact) mass is 310 g/mol. The molecule has 1 aromatic heterocycles. The van der Waals surface area contributed by atoms with Crippen molar-refractivity contribution in [2.45, 2.75) is 24.4 Å². The molecule has 1 amide bonds. The van der Waals surface area contributed by atoms with E-state index in [1.807, 2.05) is 0 Å². The zero-order chi connectivity index (χ0) is 14.6. The van der Waals surface area contributed by atoms with E-state index < -0.39 is 11.4 Å². The fourth-order valence-electron chi connectivity index (χ4n) is 1.77. The molecule has 0 radical (unpaired) electrons. The van der Waals surface area contributed by atoms with E-state index in [-0.39, 0.29) is 35.9 Å². The minimum absolute atomic E-state index is 0.0511. The number of nitrogens with zero attached hydrogens (tertiary/aromatic N) is 2. The number of halogens is 3. The Hall–Kier alpha value is -1.29. The van der Waals surface area contributed by atoms with Crippen LogP contribution in [-0.2, 0) is 0 Å². The molecule has 20 heavy (non-hydrogen) atoms. The molecular formula is C10H13F3N4O2S. The first-order valence-electron chi connectivity index (χ1n) is 6.01. The molecule has 2 N–H and O–H groups in total. The number of amides is 1. The standard InChI is InChI=1S/C10H13F3N4O2S/c11-10(12,13)20-5-4-15-8(18)7-16-9(19-17-7)6-2-1-3-14-6/h6,14H,1-5H2,(H,15,18). The summed E-state index contributed by atoms with van der Waals surface area (Å²) in [4.78, 5) is 15.5. The number of thioether (sulfide) groups is 1. The predicted molar refractivity (Wildman–Crippen MR) is 65.1 cm³/mol. The molecule has 0 aliphatic carbocycles. The Balaban J connectivity index is 1.78. The minimum atomic E-state index is -4.29. The molecule has 0 spiro atoms. The molecule has 112 valence electrons. The van der Waals surface area contributed by atoms with Gasteiger partial charge in [-0.1, -0.05) is 5.16 Å². The molecule has 6 nitrogen and oxygen atoms in total. The molecule has 1 aliphatic rings. The van der Waals surface area contributed by atoms with Gasteiger partial charge < -0.3 is 15.2 Å². The Bertz CT molecular complexity index is 460. The number of rotatable bonds is 5. The highest BCUT2D eigenvalue weighted by molar-refractivity contribution is 8.00. The second-order valence-corrected chi connectivity index (χ2v) is 5.32. The topological polar surface area (TPSA) is 80.0 Å². The van der Waals surface area contributed by atoms with Crippen molar-refractivity contribution in [1.29, 1.82) is 0 Å². The Morgan fingerprint density at radius 3 is 3.00 bits per heavy atom. The van der Waals surface area contributed by atoms with Crippen LogP contribution in [0.5, 0.6) is 0 Å². The van der Waals surface area contributed by atoms with Crippen molar-refractivity contribution in [3.63, 3.8) is 0 Å². The maximum absolute atomic E-state index is 11.9. The van der Waals surface area contributed by atoms with Gasteiger partial charge in [-0.3, -0.25) is 4.79 Å². The number of aromatic nitrogens is 2. The minimum Gasteiger partial charge on any atom is -0.348 e. The maximum Gasteiger partial charge on any atom is 0.441 e. The summed E-state index contributed by atoms with van der Waals surface area (Å²) in [6, 6.07) is -0.0511. The normalized spacial score (nSPS) is 19.2. The van der Waals surface area contributed by atoms with Gasteiger partial charge in [-0.2, -0.15) is 18.2 Å². The molecule has 1 fully saturated rings. The second kappa shape index (κ2) is 6.44. The summed E-state index contributed by atoms with van der Waals surface area (Å²) < 4.78 is 40.6. The Labute approximate surface area is 116 Å². The highest BCUT2D eigenvalue weighted by Crippen LogP contribution is 2.29. The number of hydrogen-bond acceptors (Lipinski definition) is 6. The lowest BCUT2D eigenvalue weighted by molar-refractivity contribution is -0.0327. The van der Waals surface area contributed by atoms with Gasteiger partial charge in [0, 0.05) is 12.3 Å². The van der Waals surface area contributed by atoms with E-state index in [0.717, 1.165) is 19.4 Å². The number of hydrogen-bond donors (Lipinski definition) is 2. The number of nitrogens with one attached hydrogen (secondary N) is 2. The largest absolute Gasteiger partial charge is 0.441 e. The van der Waals surface area contributed by atoms with Crippen molar-refractivity contribution < 1.29 is 22.5 Å². The molecule has 2 rings (SSSR count). The fraction of sp³-hybridized carbons (Fsp3) is 0.700. The van der Waals surface area contributed by atoms with E-state index in [4.69, 9.17) is 4.52 Å². The summed E-state index contributed by atoms with van der Waals surface area (Å²) in [6.07, 6.45) is 1.84. The van der Waals surface area contributed by atoms with Gasteiger partial charge in [0.15, 0.2) is 0 Å². The summed E-state index contributed by atoms with van der Waals surface area (Å²) in [5.74, 6) is -0.728. The third kappa shape index (κ3) is 4.37. The van der Waals surface area contributed by atoms with Crippen molar-refractivity contribution >= 4 is 17.7 Å². The molecule has 1 aliphatic heterocycles. The van der Waals surface area contributed by atoms with E-state index in [1.54, 1.807) is 0 Å². The third-order valence-corrected chi connectivity index (χ3v) is 3.39. The molecule has 0 aromatic carbocycles. The van der Waals surface area contributed by atoms with Crippen LogP contribution in [0.25, 0.3) is 0 Å². The lowest BCUT2D eigenvalue weighted by atomic mass is 10.2. The zero-order valence-corrected chi connectivity index (χ0v) is 11.2. The van der Waals surface area contributed by atoms with Crippen molar-refractivity contribution in [1.82, 2.24) is 20.8 Å². The second-order valence-electron chi connectivity index (χ2n) is 4.16. The molecule has 0 saturated carbocycles. The van der Waals surface area contributed by atoms with Gasteiger partial charge in [-0.05, 0) is 31.1 Å². The highest BCUT2D eigenvalue weighted by Gasteiger charge is 2.28. The third-order valence-electron chi connectivity index (χ3n) is 2.66. The van der Waals surface area contributed by atoms with E-state index in [1.165, 1.54) is 0 Å². The van der Waals surface area contributed by atoms with Gasteiger partial charge >= 0.3 is 5.51 Å². The van der Waals surface area contributed by atoms with Gasteiger partial charge in [-0.25, -0.2) is 0 Å². The van der Waals surface area contributed by atoms with Crippen LogP contribution in [0.3, 0.4) is 0 Å². The van der Waals surface area contributed by atoms with Crippen LogP contribution >= 0.6 is 11.8 Å². The number of carbonyl (C=O) groups is 1. The SMILES string of the molecule is O=C(NCCSC(F)(F)F)c1noc(C2CCCN2)n1. The molecule has 1 atom stereocenters. The molecule has 10 heteroatoms. The van der Waals surface area contributed by atoms with Crippen LogP contribution in [0.2, 0.25) is 0 Å². The lowest BCUT2D eigenvalue weighted by Gasteiger charge is -2.05. The molecule has 1 saturated heterocycles. The summed E-state index contributed by atoms with van der Waals surface area (Å²) in [5, 5.41) is 8.97. The first-order chi connectivity index (χ1) is 9.46. The van der Waals surface area contributed by atoms with E-state index >= 15 is 0 Å². The predicted octanol–water partition coefficient (Wildman–Crippen LogP) is 1.48. The van der Waals surface area contributed by atoms with Crippen molar-refractivity contribution in [2.75, 3.05) is 18.8 Å². The molecule has 2 heterocycles. The molecule has 0 bridgehead atoms. The summed E-state index contributed by atoms with van der Waals surface area (Å²) >= 11 is -0.193. The number of carbonyl (C=O) groups excluding carboxylic acids is 1. The van der Waals surface area contributed by atoms with Gasteiger partial charge in [0.05, 0.1) is 6.04 Å². The van der Waals surface area contributed by atoms with Crippen LogP contribution in [0.4, 0.5) is 13.2 Å². The van der Waals surface area contributed by atoms with E-state index in [0.29, 0.717) is 5.89 Å². The highest BCUT2D eigenvalue weighted by atomic mass is 32.2. The average Bonchev–Trinajstić information content (AvgIpc) is 3.02. The maximum atomic E-state index is 11.9. The quantitative estimate of drug-likeness (QED) is 0.802. The first kappa shape index (κ1) is 15.1. The van der Waals surface area contributed by atoms with E-state index in [2.05, 4.69) is 20.8 Å². The fourth-order valence-corrected chi connectivity index (χ4v) is 2.21. The van der Waals surface area contributed by atoms with Crippen LogP contribution in [-0.4, -0.2) is 40.4 Å². The van der Waals surface area contributed by atoms with Gasteiger partial charge in [0.1, 0.15) is 0 Å². The number of alkyl halides is 3. The molecule has 1 aromatic rings. The summed E-state index contributed by atoms with van der Waals surface area (Å²) in [5.41, 5.74) is -4.29. The Morgan fingerprint density at radius 2 is 2.35 bits per heavy atom. The Kier molecular flexibility index (Phi) is 4.86. The van der Waals surface area contributed by atoms with Crippen molar-refractivity contribution in [3.05, 3.63) is 11.7 Å². The van der Waals surface area contributed by atoms with Crippen LogP contribution in [0, 0.1) is 0 Å². The van der Waals surface area contributed by atoms with Gasteiger partial charge in [0.2, 0.25) is 5.89 Å². The molecular weight excluding hydrogens is 297 g/mol. The van der Waals surface area contributed by atoms with Crippen LogP contribution < -0.4 is 10.6 Å². The van der Waals surface area contributed by atoms with Crippen LogP contribution in [0.1, 0.15) is 35.4 Å². The Morgan fingerprint density at radius 1 is 1.55 bits per heavy atom. The molecule has 1 unspecified atom stereocenters. The van der Waals surface area contributed by atoms with E-state index in [9.17, 15) is 18.0 Å². The van der Waals surface area contributed by atoms with Crippen LogP contribution in [0.15, 0.2) is 4.52 Å². The lowest BCUT2D eigenvalue weighted by Crippen LogP contribution is -2.27. The first-order valence-corrected chi connectivity index (χ1v) is 7.00. The smallest absolute Gasteiger partial charge is 0.348 e. The van der Waals surface area contributed by atoms with Gasteiger partial charge in [0.25, 0.3) is 11.7 Å².